The molecule has 2 aliphatic heterocycles. The molecule has 0 unspecified atom stereocenters. The van der Waals surface area contributed by atoms with E-state index in [0.29, 0.717) is 30.6 Å². The number of carbonyl (C=O) groups is 1. The van der Waals surface area contributed by atoms with E-state index < -0.39 is 0 Å². The van der Waals surface area contributed by atoms with E-state index in [4.69, 9.17) is 8.83 Å². The standard InChI is InChI=1S/C22H24N6O3S/c23-15-17-21(31-19(25-17)18-3-1-13-30-18)27-9-4-16(5-10-27)20(29)26-7-2-8-28(12-11-26)22-24-6-14-32-22/h1,3,6,13-14,16H,2,4-5,7-12H2. The van der Waals surface area contributed by atoms with Gasteiger partial charge in [-0.1, -0.05) is 0 Å². The Kier molecular flexibility index (Phi) is 5.81. The summed E-state index contributed by atoms with van der Waals surface area (Å²) in [4.78, 5) is 28.2. The van der Waals surface area contributed by atoms with Gasteiger partial charge in [-0.2, -0.15) is 10.2 Å². The molecule has 0 atom stereocenters. The summed E-state index contributed by atoms with van der Waals surface area (Å²) in [6.45, 7) is 4.56. The Morgan fingerprint density at radius 2 is 2.03 bits per heavy atom. The lowest BCUT2D eigenvalue weighted by Gasteiger charge is -2.33. The number of furan rings is 1. The number of aromatic nitrogens is 2. The van der Waals surface area contributed by atoms with E-state index in [2.05, 4.69) is 20.9 Å². The minimum absolute atomic E-state index is 0.00401. The van der Waals surface area contributed by atoms with Crippen LogP contribution in [0.25, 0.3) is 11.7 Å². The number of oxazole rings is 1. The van der Waals surface area contributed by atoms with Gasteiger partial charge in [0.2, 0.25) is 17.5 Å². The third-order valence-corrected chi connectivity index (χ3v) is 6.91. The zero-order valence-corrected chi connectivity index (χ0v) is 18.5. The summed E-state index contributed by atoms with van der Waals surface area (Å²) < 4.78 is 11.2. The maximum absolute atomic E-state index is 13.2. The zero-order chi connectivity index (χ0) is 21.9. The second-order valence-electron chi connectivity index (χ2n) is 8.00. The predicted octanol–water partition coefficient (Wildman–Crippen LogP) is 3.22. The summed E-state index contributed by atoms with van der Waals surface area (Å²) in [6, 6.07) is 5.61. The van der Waals surface area contributed by atoms with Crippen molar-refractivity contribution in [2.24, 2.45) is 5.92 Å². The SMILES string of the molecule is N#Cc1nc(-c2ccco2)oc1N1CCC(C(=O)N2CCCN(c3nccs3)CC2)CC1. The van der Waals surface area contributed by atoms with Crippen molar-refractivity contribution in [3.63, 3.8) is 0 Å². The Balaban J connectivity index is 1.20. The molecule has 0 radical (unpaired) electrons. The van der Waals surface area contributed by atoms with Gasteiger partial charge in [-0.3, -0.25) is 4.79 Å². The first-order chi connectivity index (χ1) is 15.7. The molecular formula is C22H24N6O3S. The van der Waals surface area contributed by atoms with Crippen molar-refractivity contribution in [1.29, 1.82) is 5.26 Å². The van der Waals surface area contributed by atoms with Gasteiger partial charge in [0.25, 0.3) is 5.89 Å². The van der Waals surface area contributed by atoms with Crippen molar-refractivity contribution < 1.29 is 13.6 Å². The van der Waals surface area contributed by atoms with Crippen LogP contribution in [0.5, 0.6) is 0 Å². The van der Waals surface area contributed by atoms with Gasteiger partial charge in [0.1, 0.15) is 6.07 Å². The Bertz CT molecular complexity index is 1080. The minimum atomic E-state index is -0.00401. The molecule has 2 fully saturated rings. The number of rotatable bonds is 4. The van der Waals surface area contributed by atoms with E-state index in [0.717, 1.165) is 50.6 Å². The molecular weight excluding hydrogens is 428 g/mol. The zero-order valence-electron chi connectivity index (χ0n) is 17.6. The number of amides is 1. The quantitative estimate of drug-likeness (QED) is 0.595. The molecule has 0 aromatic carbocycles. The highest BCUT2D eigenvalue weighted by Crippen LogP contribution is 2.32. The third kappa shape index (κ3) is 4.08. The summed E-state index contributed by atoms with van der Waals surface area (Å²) in [5.41, 5.74) is 0.246. The van der Waals surface area contributed by atoms with Crippen LogP contribution in [0.4, 0.5) is 11.0 Å². The molecule has 3 aromatic rings. The molecule has 0 aliphatic carbocycles. The molecule has 5 heterocycles. The molecule has 1 amide bonds. The first kappa shape index (κ1) is 20.6. The fourth-order valence-electron chi connectivity index (χ4n) is 4.39. The van der Waals surface area contributed by atoms with Crippen LogP contribution >= 0.6 is 11.3 Å². The molecule has 0 spiro atoms. The van der Waals surface area contributed by atoms with Crippen molar-refractivity contribution in [3.8, 4) is 17.7 Å². The second kappa shape index (κ2) is 9.04. The van der Waals surface area contributed by atoms with E-state index in [9.17, 15) is 10.1 Å². The summed E-state index contributed by atoms with van der Waals surface area (Å²) in [5.74, 6) is 1.48. The molecule has 10 heteroatoms. The largest absolute Gasteiger partial charge is 0.459 e. The monoisotopic (exact) mass is 452 g/mol. The molecule has 2 aliphatic rings. The topological polar surface area (TPSA) is 103 Å². The maximum atomic E-state index is 13.2. The third-order valence-electron chi connectivity index (χ3n) is 6.08. The number of thiazole rings is 1. The number of hydrogen-bond donors (Lipinski definition) is 0. The summed E-state index contributed by atoms with van der Waals surface area (Å²) in [5, 5.41) is 12.5. The van der Waals surface area contributed by atoms with Gasteiger partial charge >= 0.3 is 0 Å². The number of hydrogen-bond acceptors (Lipinski definition) is 9. The van der Waals surface area contributed by atoms with Crippen molar-refractivity contribution in [1.82, 2.24) is 14.9 Å². The highest BCUT2D eigenvalue weighted by molar-refractivity contribution is 7.13. The van der Waals surface area contributed by atoms with Crippen LogP contribution in [0.15, 0.2) is 38.8 Å². The lowest BCUT2D eigenvalue weighted by atomic mass is 9.95. The summed E-state index contributed by atoms with van der Waals surface area (Å²) in [7, 11) is 0. The first-order valence-electron chi connectivity index (χ1n) is 10.9. The van der Waals surface area contributed by atoms with Crippen molar-refractivity contribution in [2.75, 3.05) is 49.1 Å². The van der Waals surface area contributed by atoms with Gasteiger partial charge in [-0.15, -0.1) is 11.3 Å². The van der Waals surface area contributed by atoms with Crippen LogP contribution < -0.4 is 9.80 Å². The fraction of sp³-hybridized carbons (Fsp3) is 0.455. The van der Waals surface area contributed by atoms with Crippen LogP contribution in [-0.2, 0) is 4.79 Å². The van der Waals surface area contributed by atoms with E-state index in [-0.39, 0.29) is 17.5 Å². The molecule has 0 N–H and O–H groups in total. The van der Waals surface area contributed by atoms with Gasteiger partial charge in [0.05, 0.1) is 6.26 Å². The van der Waals surface area contributed by atoms with Crippen LogP contribution in [0.2, 0.25) is 0 Å². The number of carbonyl (C=O) groups excluding carboxylic acids is 1. The van der Waals surface area contributed by atoms with Gasteiger partial charge in [-0.05, 0) is 31.4 Å². The van der Waals surface area contributed by atoms with Gasteiger partial charge < -0.3 is 23.5 Å². The second-order valence-corrected chi connectivity index (χ2v) is 8.88. The van der Waals surface area contributed by atoms with E-state index in [1.165, 1.54) is 0 Å². The Morgan fingerprint density at radius 3 is 2.75 bits per heavy atom. The molecule has 9 nitrogen and oxygen atoms in total. The van der Waals surface area contributed by atoms with Gasteiger partial charge in [0.15, 0.2) is 10.9 Å². The van der Waals surface area contributed by atoms with Crippen LogP contribution in [0.3, 0.4) is 0 Å². The van der Waals surface area contributed by atoms with Crippen molar-refractivity contribution in [3.05, 3.63) is 35.7 Å². The highest BCUT2D eigenvalue weighted by atomic mass is 32.1. The molecule has 2 saturated heterocycles. The Labute approximate surface area is 189 Å². The van der Waals surface area contributed by atoms with Crippen LogP contribution in [-0.4, -0.2) is 60.0 Å². The fourth-order valence-corrected chi connectivity index (χ4v) is 5.09. The van der Waals surface area contributed by atoms with Crippen molar-refractivity contribution in [2.45, 2.75) is 19.3 Å². The molecule has 32 heavy (non-hydrogen) atoms. The van der Waals surface area contributed by atoms with Crippen LogP contribution in [0, 0.1) is 17.2 Å². The average Bonchev–Trinajstić information content (AvgIpc) is 3.58. The number of anilines is 2. The van der Waals surface area contributed by atoms with E-state index >= 15 is 0 Å². The predicted molar refractivity (Wildman–Crippen MR) is 119 cm³/mol. The average molecular weight is 453 g/mol. The normalized spacial score (nSPS) is 17.9. The molecule has 0 saturated carbocycles. The summed E-state index contributed by atoms with van der Waals surface area (Å²) in [6.07, 6.45) is 5.77. The Hall–Kier alpha value is -3.32. The number of nitrogens with zero attached hydrogens (tertiary/aromatic N) is 6. The van der Waals surface area contributed by atoms with E-state index in [1.54, 1.807) is 29.7 Å². The minimum Gasteiger partial charge on any atom is -0.459 e. The first-order valence-corrected chi connectivity index (χ1v) is 11.7. The summed E-state index contributed by atoms with van der Waals surface area (Å²) >= 11 is 1.64. The molecule has 3 aromatic heterocycles. The highest BCUT2D eigenvalue weighted by Gasteiger charge is 2.32. The lowest BCUT2D eigenvalue weighted by molar-refractivity contribution is -0.136. The molecule has 0 bridgehead atoms. The smallest absolute Gasteiger partial charge is 0.266 e. The van der Waals surface area contributed by atoms with Crippen LogP contribution in [0.1, 0.15) is 25.0 Å². The van der Waals surface area contributed by atoms with Gasteiger partial charge in [-0.25, -0.2) is 4.98 Å². The molecule has 166 valence electrons. The lowest BCUT2D eigenvalue weighted by Crippen LogP contribution is -2.44. The van der Waals surface area contributed by atoms with Gasteiger partial charge in [0, 0.05) is 56.8 Å². The van der Waals surface area contributed by atoms with E-state index in [1.807, 2.05) is 21.4 Å². The Morgan fingerprint density at radius 1 is 1.16 bits per heavy atom. The maximum Gasteiger partial charge on any atom is 0.266 e. The number of piperidine rings is 1. The number of nitriles is 1. The van der Waals surface area contributed by atoms with Crippen molar-refractivity contribution >= 4 is 28.3 Å². The molecule has 5 rings (SSSR count).